The van der Waals surface area contributed by atoms with Crippen LogP contribution >= 0.6 is 11.6 Å². The number of hydrogen-bond acceptors (Lipinski definition) is 4. The molecule has 1 aromatic carbocycles. The topological polar surface area (TPSA) is 58.4 Å². The molecule has 1 N–H and O–H groups in total. The molecule has 0 saturated carbocycles. The standard InChI is InChI=1S/C15H20ClN3O2/c1-18-12-3-4-13(18)7-10(6-12)9-17-14-8-11(16)2-5-15(14)19(20)21/h2,5,8,10,12-13,17H,3-4,6-7,9H2,1H3. The molecule has 0 aromatic heterocycles. The number of rotatable bonds is 4. The third-order valence-corrected chi connectivity index (χ3v) is 5.17. The summed E-state index contributed by atoms with van der Waals surface area (Å²) in [5.74, 6) is 0.581. The van der Waals surface area contributed by atoms with Gasteiger partial charge in [-0.3, -0.25) is 10.1 Å². The highest BCUT2D eigenvalue weighted by atomic mass is 35.5. The van der Waals surface area contributed by atoms with Crippen molar-refractivity contribution in [3.05, 3.63) is 33.3 Å². The summed E-state index contributed by atoms with van der Waals surface area (Å²) in [7, 11) is 2.22. The van der Waals surface area contributed by atoms with Gasteiger partial charge in [0.25, 0.3) is 5.69 Å². The molecule has 3 rings (SSSR count). The molecule has 6 heteroatoms. The van der Waals surface area contributed by atoms with Gasteiger partial charge in [-0.25, -0.2) is 0 Å². The number of benzene rings is 1. The normalized spacial score (nSPS) is 28.6. The van der Waals surface area contributed by atoms with E-state index in [9.17, 15) is 10.1 Å². The van der Waals surface area contributed by atoms with Crippen LogP contribution in [0.25, 0.3) is 0 Å². The molecular weight excluding hydrogens is 290 g/mol. The van der Waals surface area contributed by atoms with Crippen molar-refractivity contribution < 1.29 is 4.92 Å². The Kier molecular flexibility index (Phi) is 4.04. The summed E-state index contributed by atoms with van der Waals surface area (Å²) < 4.78 is 0. The van der Waals surface area contributed by atoms with Crippen molar-refractivity contribution in [3.8, 4) is 0 Å². The predicted molar refractivity (Wildman–Crippen MR) is 83.9 cm³/mol. The smallest absolute Gasteiger partial charge is 0.292 e. The second kappa shape index (κ2) is 5.81. The average Bonchev–Trinajstić information content (AvgIpc) is 2.67. The molecule has 114 valence electrons. The number of hydrogen-bond donors (Lipinski definition) is 1. The van der Waals surface area contributed by atoms with E-state index in [1.54, 1.807) is 12.1 Å². The van der Waals surface area contributed by atoms with Crippen LogP contribution in [0.2, 0.25) is 5.02 Å². The summed E-state index contributed by atoms with van der Waals surface area (Å²) in [5.41, 5.74) is 0.620. The van der Waals surface area contributed by atoms with Crippen molar-refractivity contribution in [2.45, 2.75) is 37.8 Å². The fraction of sp³-hybridized carbons (Fsp3) is 0.600. The van der Waals surface area contributed by atoms with E-state index >= 15 is 0 Å². The summed E-state index contributed by atoms with van der Waals surface area (Å²) in [6.45, 7) is 0.780. The number of nitrogens with zero attached hydrogens (tertiary/aromatic N) is 2. The van der Waals surface area contributed by atoms with Gasteiger partial charge in [0.15, 0.2) is 0 Å². The molecule has 0 aliphatic carbocycles. The first-order chi connectivity index (χ1) is 10.0. The highest BCUT2D eigenvalue weighted by Crippen LogP contribution is 2.38. The second-order valence-corrected chi connectivity index (χ2v) is 6.62. The van der Waals surface area contributed by atoms with E-state index in [1.807, 2.05) is 0 Å². The number of nitrogens with one attached hydrogen (secondary N) is 1. The Morgan fingerprint density at radius 1 is 1.38 bits per heavy atom. The fourth-order valence-electron chi connectivity index (χ4n) is 3.75. The zero-order valence-corrected chi connectivity index (χ0v) is 12.8. The summed E-state index contributed by atoms with van der Waals surface area (Å²) in [6.07, 6.45) is 4.92. The number of anilines is 1. The molecule has 2 unspecified atom stereocenters. The Morgan fingerprint density at radius 2 is 2.05 bits per heavy atom. The molecule has 1 aromatic rings. The zero-order chi connectivity index (χ0) is 15.0. The molecule has 0 radical (unpaired) electrons. The molecule has 0 spiro atoms. The van der Waals surface area contributed by atoms with E-state index in [2.05, 4.69) is 17.3 Å². The van der Waals surface area contributed by atoms with Crippen LogP contribution in [0, 0.1) is 16.0 Å². The minimum atomic E-state index is -0.364. The molecule has 2 aliphatic rings. The van der Waals surface area contributed by atoms with Crippen LogP contribution in [0.5, 0.6) is 0 Å². The maximum absolute atomic E-state index is 11.1. The number of halogens is 1. The average molecular weight is 310 g/mol. The van der Waals surface area contributed by atoms with Crippen LogP contribution in [-0.2, 0) is 0 Å². The second-order valence-electron chi connectivity index (χ2n) is 6.19. The van der Waals surface area contributed by atoms with Gasteiger partial charge in [0.1, 0.15) is 5.69 Å². The van der Waals surface area contributed by atoms with Gasteiger partial charge in [-0.15, -0.1) is 0 Å². The van der Waals surface area contributed by atoms with Crippen LogP contribution in [-0.4, -0.2) is 35.5 Å². The molecule has 2 saturated heterocycles. The van der Waals surface area contributed by atoms with E-state index < -0.39 is 0 Å². The SMILES string of the molecule is CN1C2CCC1CC(CNc1cc(Cl)ccc1[N+](=O)[O-])C2. The lowest BCUT2D eigenvalue weighted by Gasteiger charge is -2.36. The van der Waals surface area contributed by atoms with E-state index in [0.717, 1.165) is 6.54 Å². The van der Waals surface area contributed by atoms with E-state index in [-0.39, 0.29) is 10.6 Å². The van der Waals surface area contributed by atoms with Gasteiger partial charge in [0.05, 0.1) is 4.92 Å². The molecule has 2 atom stereocenters. The first kappa shape index (κ1) is 14.6. The minimum absolute atomic E-state index is 0.0929. The number of fused-ring (bicyclic) bond motifs is 2. The quantitative estimate of drug-likeness (QED) is 0.683. The maximum atomic E-state index is 11.1. The Balaban J connectivity index is 1.66. The van der Waals surface area contributed by atoms with Crippen molar-refractivity contribution in [1.82, 2.24) is 4.90 Å². The lowest BCUT2D eigenvalue weighted by molar-refractivity contribution is -0.384. The predicted octanol–water partition coefficient (Wildman–Crippen LogP) is 3.53. The van der Waals surface area contributed by atoms with Gasteiger partial charge >= 0.3 is 0 Å². The number of nitro benzene ring substituents is 1. The summed E-state index contributed by atoms with van der Waals surface area (Å²) in [6, 6.07) is 6.03. The highest BCUT2D eigenvalue weighted by Gasteiger charge is 2.38. The van der Waals surface area contributed by atoms with Gasteiger partial charge in [-0.05, 0) is 50.8 Å². The maximum Gasteiger partial charge on any atom is 0.292 e. The van der Waals surface area contributed by atoms with Crippen LogP contribution in [0.4, 0.5) is 11.4 Å². The van der Waals surface area contributed by atoms with Gasteiger partial charge in [0.2, 0.25) is 0 Å². The van der Waals surface area contributed by atoms with Crippen molar-refractivity contribution in [1.29, 1.82) is 0 Å². The first-order valence-electron chi connectivity index (χ1n) is 7.44. The Hall–Kier alpha value is -1.33. The van der Waals surface area contributed by atoms with Crippen LogP contribution in [0.15, 0.2) is 18.2 Å². The van der Waals surface area contributed by atoms with Gasteiger partial charge in [0, 0.05) is 29.7 Å². The summed E-state index contributed by atoms with van der Waals surface area (Å²) in [5, 5.41) is 14.8. The third kappa shape index (κ3) is 2.99. The van der Waals surface area contributed by atoms with E-state index in [0.29, 0.717) is 28.7 Å². The molecule has 2 bridgehead atoms. The van der Waals surface area contributed by atoms with Crippen LogP contribution < -0.4 is 5.32 Å². The summed E-state index contributed by atoms with van der Waals surface area (Å²) in [4.78, 5) is 13.2. The molecule has 2 fully saturated rings. The van der Waals surface area contributed by atoms with Crippen molar-refractivity contribution in [3.63, 3.8) is 0 Å². The monoisotopic (exact) mass is 309 g/mol. The lowest BCUT2D eigenvalue weighted by Crippen LogP contribution is -2.41. The Labute approximate surface area is 129 Å². The van der Waals surface area contributed by atoms with Gasteiger partial charge in [-0.1, -0.05) is 11.6 Å². The fourth-order valence-corrected chi connectivity index (χ4v) is 3.93. The minimum Gasteiger partial charge on any atom is -0.379 e. The molecule has 21 heavy (non-hydrogen) atoms. The molecule has 2 heterocycles. The summed E-state index contributed by atoms with van der Waals surface area (Å²) >= 11 is 5.95. The van der Waals surface area contributed by atoms with E-state index in [1.165, 1.54) is 31.7 Å². The molecule has 0 amide bonds. The largest absolute Gasteiger partial charge is 0.379 e. The van der Waals surface area contributed by atoms with Crippen molar-refractivity contribution in [2.24, 2.45) is 5.92 Å². The lowest BCUT2D eigenvalue weighted by atomic mass is 9.91. The number of nitro groups is 1. The zero-order valence-electron chi connectivity index (χ0n) is 12.1. The van der Waals surface area contributed by atoms with Gasteiger partial charge in [-0.2, -0.15) is 0 Å². The van der Waals surface area contributed by atoms with Gasteiger partial charge < -0.3 is 10.2 Å². The molecular formula is C15H20ClN3O2. The van der Waals surface area contributed by atoms with E-state index in [4.69, 9.17) is 11.6 Å². The Morgan fingerprint density at radius 3 is 2.67 bits per heavy atom. The van der Waals surface area contributed by atoms with Crippen molar-refractivity contribution >= 4 is 23.0 Å². The van der Waals surface area contributed by atoms with Crippen LogP contribution in [0.1, 0.15) is 25.7 Å². The van der Waals surface area contributed by atoms with Crippen LogP contribution in [0.3, 0.4) is 0 Å². The van der Waals surface area contributed by atoms with Crippen molar-refractivity contribution in [2.75, 3.05) is 18.9 Å². The molecule has 5 nitrogen and oxygen atoms in total. The first-order valence-corrected chi connectivity index (χ1v) is 7.82. The molecule has 2 aliphatic heterocycles. The Bertz CT molecular complexity index is 538. The number of piperidine rings is 1. The highest BCUT2D eigenvalue weighted by molar-refractivity contribution is 6.31. The third-order valence-electron chi connectivity index (χ3n) is 4.93.